The molecule has 1 amide bonds. The number of amides is 1. The number of carbonyl (C=O) groups is 1. The number of hydrogen-bond acceptors (Lipinski definition) is 3. The van der Waals surface area contributed by atoms with Crippen LogP contribution in [0.5, 0.6) is 0 Å². The quantitative estimate of drug-likeness (QED) is 0.661. The first-order valence-corrected chi connectivity index (χ1v) is 7.27. The summed E-state index contributed by atoms with van der Waals surface area (Å²) in [5.41, 5.74) is 5.67. The molecule has 0 radical (unpaired) electrons. The molecule has 0 aromatic heterocycles. The van der Waals surface area contributed by atoms with E-state index in [9.17, 15) is 4.79 Å². The van der Waals surface area contributed by atoms with Crippen molar-refractivity contribution in [1.29, 1.82) is 0 Å². The summed E-state index contributed by atoms with van der Waals surface area (Å²) in [5.74, 6) is 0.115. The molecule has 0 bridgehead atoms. The molecule has 0 heterocycles. The Morgan fingerprint density at radius 1 is 1.17 bits per heavy atom. The molecule has 0 fully saturated rings. The van der Waals surface area contributed by atoms with E-state index in [0.717, 1.165) is 25.8 Å². The lowest BCUT2D eigenvalue weighted by Crippen LogP contribution is -2.52. The van der Waals surface area contributed by atoms with Crippen molar-refractivity contribution in [3.05, 3.63) is 0 Å². The molecule has 0 aromatic rings. The van der Waals surface area contributed by atoms with Crippen LogP contribution in [0.2, 0.25) is 0 Å². The Balaban J connectivity index is 4.63. The molecule has 18 heavy (non-hydrogen) atoms. The normalized spacial score (nSPS) is 14.9. The molecule has 2 atom stereocenters. The Bertz CT molecular complexity index is 229. The van der Waals surface area contributed by atoms with Crippen LogP contribution in [0, 0.1) is 0 Å². The topological polar surface area (TPSA) is 58.4 Å². The number of carbonyl (C=O) groups excluding carboxylic acids is 1. The minimum atomic E-state index is -0.104. The van der Waals surface area contributed by atoms with E-state index < -0.39 is 0 Å². The molecule has 4 heteroatoms. The summed E-state index contributed by atoms with van der Waals surface area (Å²) in [6, 6.07) is 0.570. The largest absolute Gasteiger partial charge is 0.352 e. The fraction of sp³-hybridized carbons (Fsp3) is 0.929. The highest BCUT2D eigenvalue weighted by Crippen LogP contribution is 2.12. The van der Waals surface area contributed by atoms with Gasteiger partial charge < -0.3 is 11.1 Å². The van der Waals surface area contributed by atoms with Crippen LogP contribution >= 0.6 is 0 Å². The maximum atomic E-state index is 12.2. The summed E-state index contributed by atoms with van der Waals surface area (Å²) in [5, 5.41) is 3.05. The van der Waals surface area contributed by atoms with Crippen LogP contribution in [0.3, 0.4) is 0 Å². The summed E-state index contributed by atoms with van der Waals surface area (Å²) in [7, 11) is 0. The van der Waals surface area contributed by atoms with Crippen LogP contribution in [-0.2, 0) is 4.79 Å². The fourth-order valence-corrected chi connectivity index (χ4v) is 2.22. The van der Waals surface area contributed by atoms with E-state index in [1.807, 2.05) is 13.8 Å². The van der Waals surface area contributed by atoms with Gasteiger partial charge in [-0.3, -0.25) is 9.69 Å². The highest BCUT2D eigenvalue weighted by molar-refractivity contribution is 5.81. The number of nitrogens with one attached hydrogen (secondary N) is 1. The van der Waals surface area contributed by atoms with Gasteiger partial charge >= 0.3 is 0 Å². The minimum Gasteiger partial charge on any atom is -0.352 e. The van der Waals surface area contributed by atoms with Crippen molar-refractivity contribution in [1.82, 2.24) is 10.2 Å². The van der Waals surface area contributed by atoms with Crippen LogP contribution < -0.4 is 11.1 Å². The van der Waals surface area contributed by atoms with Gasteiger partial charge in [-0.15, -0.1) is 0 Å². The van der Waals surface area contributed by atoms with Gasteiger partial charge in [0, 0.05) is 25.2 Å². The molecule has 3 N–H and O–H groups in total. The molecule has 108 valence electrons. The second-order valence-corrected chi connectivity index (χ2v) is 4.99. The molecule has 0 aliphatic heterocycles. The third-order valence-electron chi connectivity index (χ3n) is 3.68. The number of rotatable bonds is 9. The van der Waals surface area contributed by atoms with E-state index in [0.29, 0.717) is 12.6 Å². The van der Waals surface area contributed by atoms with Gasteiger partial charge in [0.25, 0.3) is 0 Å². The van der Waals surface area contributed by atoms with E-state index in [4.69, 9.17) is 5.73 Å². The van der Waals surface area contributed by atoms with Crippen molar-refractivity contribution >= 4 is 5.91 Å². The second-order valence-electron chi connectivity index (χ2n) is 4.99. The number of hydrogen-bond donors (Lipinski definition) is 2. The van der Waals surface area contributed by atoms with Crippen molar-refractivity contribution in [2.24, 2.45) is 5.73 Å². The summed E-state index contributed by atoms with van der Waals surface area (Å²) >= 11 is 0. The number of nitrogens with zero attached hydrogens (tertiary/aromatic N) is 1. The van der Waals surface area contributed by atoms with Gasteiger partial charge in [-0.25, -0.2) is 0 Å². The lowest BCUT2D eigenvalue weighted by molar-refractivity contribution is -0.127. The van der Waals surface area contributed by atoms with Gasteiger partial charge in [0.05, 0.1) is 6.04 Å². The van der Waals surface area contributed by atoms with E-state index in [1.54, 1.807) is 0 Å². The molecular formula is C14H31N3O. The van der Waals surface area contributed by atoms with Crippen LogP contribution in [0.25, 0.3) is 0 Å². The average molecular weight is 257 g/mol. The Morgan fingerprint density at radius 3 is 2.11 bits per heavy atom. The standard InChI is InChI=1S/C14H31N3O/c1-6-11(4)16-14(18)12(5)17(10-9-15)13(7-2)8-3/h11-13H,6-10,15H2,1-5H3,(H,16,18). The first-order chi connectivity index (χ1) is 8.51. The van der Waals surface area contributed by atoms with Crippen molar-refractivity contribution in [3.8, 4) is 0 Å². The first kappa shape index (κ1) is 17.4. The van der Waals surface area contributed by atoms with Gasteiger partial charge in [-0.1, -0.05) is 20.8 Å². The molecule has 0 aliphatic carbocycles. The molecule has 0 saturated heterocycles. The summed E-state index contributed by atoms with van der Waals surface area (Å²) in [6.07, 6.45) is 3.06. The smallest absolute Gasteiger partial charge is 0.237 e. The molecule has 2 unspecified atom stereocenters. The molecule has 0 saturated carbocycles. The highest BCUT2D eigenvalue weighted by atomic mass is 16.2. The van der Waals surface area contributed by atoms with Gasteiger partial charge in [0.15, 0.2) is 0 Å². The van der Waals surface area contributed by atoms with E-state index >= 15 is 0 Å². The van der Waals surface area contributed by atoms with Crippen LogP contribution in [0.4, 0.5) is 0 Å². The summed E-state index contributed by atoms with van der Waals surface area (Å²) in [6.45, 7) is 11.8. The van der Waals surface area contributed by atoms with E-state index in [-0.39, 0.29) is 18.0 Å². The van der Waals surface area contributed by atoms with Crippen molar-refractivity contribution in [3.63, 3.8) is 0 Å². The van der Waals surface area contributed by atoms with Gasteiger partial charge in [-0.05, 0) is 33.1 Å². The maximum Gasteiger partial charge on any atom is 0.237 e. The first-order valence-electron chi connectivity index (χ1n) is 7.27. The SMILES string of the molecule is CCC(C)NC(=O)C(C)N(CCN)C(CC)CC. The van der Waals surface area contributed by atoms with Crippen molar-refractivity contribution < 1.29 is 4.79 Å². The molecule has 4 nitrogen and oxygen atoms in total. The van der Waals surface area contributed by atoms with E-state index in [1.165, 1.54) is 0 Å². The zero-order valence-corrected chi connectivity index (χ0v) is 12.7. The number of nitrogens with two attached hydrogens (primary N) is 1. The molecule has 0 spiro atoms. The Morgan fingerprint density at radius 2 is 1.72 bits per heavy atom. The van der Waals surface area contributed by atoms with Gasteiger partial charge in [0.2, 0.25) is 5.91 Å². The Hall–Kier alpha value is -0.610. The fourth-order valence-electron chi connectivity index (χ4n) is 2.22. The predicted molar refractivity (Wildman–Crippen MR) is 77.5 cm³/mol. The summed E-state index contributed by atoms with van der Waals surface area (Å²) in [4.78, 5) is 14.4. The lowest BCUT2D eigenvalue weighted by atomic mass is 10.1. The van der Waals surface area contributed by atoms with Crippen LogP contribution in [0.1, 0.15) is 53.9 Å². The molecular weight excluding hydrogens is 226 g/mol. The van der Waals surface area contributed by atoms with Gasteiger partial charge in [-0.2, -0.15) is 0 Å². The Labute approximate surface area is 112 Å². The lowest BCUT2D eigenvalue weighted by Gasteiger charge is -2.35. The zero-order chi connectivity index (χ0) is 14.1. The molecule has 0 rings (SSSR count). The third kappa shape index (κ3) is 5.36. The predicted octanol–water partition coefficient (Wildman–Crippen LogP) is 1.74. The Kier molecular flexibility index (Phi) is 9.02. The second kappa shape index (κ2) is 9.34. The average Bonchev–Trinajstić information content (AvgIpc) is 2.37. The highest BCUT2D eigenvalue weighted by Gasteiger charge is 2.26. The maximum absolute atomic E-state index is 12.2. The van der Waals surface area contributed by atoms with Crippen molar-refractivity contribution in [2.45, 2.75) is 72.0 Å². The van der Waals surface area contributed by atoms with E-state index in [2.05, 4.69) is 31.0 Å². The molecule has 0 aromatic carbocycles. The molecule has 0 aliphatic rings. The third-order valence-corrected chi connectivity index (χ3v) is 3.68. The minimum absolute atomic E-state index is 0.104. The van der Waals surface area contributed by atoms with Crippen molar-refractivity contribution in [2.75, 3.05) is 13.1 Å². The van der Waals surface area contributed by atoms with Gasteiger partial charge in [0.1, 0.15) is 0 Å². The zero-order valence-electron chi connectivity index (χ0n) is 12.7. The monoisotopic (exact) mass is 257 g/mol. The van der Waals surface area contributed by atoms with Crippen LogP contribution in [0.15, 0.2) is 0 Å². The van der Waals surface area contributed by atoms with Crippen LogP contribution in [-0.4, -0.2) is 42.0 Å². The summed E-state index contributed by atoms with van der Waals surface area (Å²) < 4.78 is 0.